The lowest BCUT2D eigenvalue weighted by molar-refractivity contribution is -0.135. The van der Waals surface area contributed by atoms with E-state index in [-0.39, 0.29) is 36.5 Å². The molecule has 0 heterocycles. The van der Waals surface area contributed by atoms with Crippen LogP contribution in [0.25, 0.3) is 0 Å². The Kier molecular flexibility index (Phi) is 12.0. The van der Waals surface area contributed by atoms with Crippen LogP contribution < -0.4 is 0 Å². The van der Waals surface area contributed by atoms with Crippen molar-refractivity contribution in [3.63, 3.8) is 0 Å². The van der Waals surface area contributed by atoms with E-state index in [0.29, 0.717) is 26.2 Å². The fourth-order valence-electron chi connectivity index (χ4n) is 6.70. The summed E-state index contributed by atoms with van der Waals surface area (Å²) in [5.74, 6) is -0.325. The molecule has 6 aromatic carbocycles. The lowest BCUT2D eigenvalue weighted by Gasteiger charge is -2.32. The molecule has 0 spiro atoms. The molecule has 0 bridgehead atoms. The highest BCUT2D eigenvalue weighted by Gasteiger charge is 2.32. The van der Waals surface area contributed by atoms with Crippen molar-refractivity contribution in [1.29, 1.82) is 0 Å². The highest BCUT2D eigenvalue weighted by atomic mass is 16.2. The summed E-state index contributed by atoms with van der Waals surface area (Å²) in [5, 5.41) is 0. The second-order valence-electron chi connectivity index (χ2n) is 12.9. The Hall–Kier alpha value is -5.74. The van der Waals surface area contributed by atoms with Gasteiger partial charge in [-0.3, -0.25) is 9.59 Å². The summed E-state index contributed by atoms with van der Waals surface area (Å²) in [6.45, 7) is 2.03. The van der Waals surface area contributed by atoms with E-state index in [1.54, 1.807) is 0 Å². The first-order valence-corrected chi connectivity index (χ1v) is 17.4. The van der Waals surface area contributed by atoms with E-state index in [1.165, 1.54) is 0 Å². The van der Waals surface area contributed by atoms with Gasteiger partial charge in [0.2, 0.25) is 11.8 Å². The summed E-state index contributed by atoms with van der Waals surface area (Å²) in [7, 11) is 0. The second kappa shape index (κ2) is 17.6. The molecule has 0 aromatic heterocycles. The lowest BCUT2D eigenvalue weighted by atomic mass is 9.77. The topological polar surface area (TPSA) is 40.6 Å². The molecule has 0 radical (unpaired) electrons. The molecule has 50 heavy (non-hydrogen) atoms. The normalized spacial score (nSPS) is 12.1. The van der Waals surface area contributed by atoms with Crippen LogP contribution in [-0.2, 0) is 35.8 Å². The number of hydrogen-bond donors (Lipinski definition) is 0. The van der Waals surface area contributed by atoms with Gasteiger partial charge < -0.3 is 9.80 Å². The van der Waals surface area contributed by atoms with Gasteiger partial charge in [0.15, 0.2) is 0 Å². The zero-order valence-electron chi connectivity index (χ0n) is 28.4. The summed E-state index contributed by atoms with van der Waals surface area (Å²) >= 11 is 0. The van der Waals surface area contributed by atoms with Gasteiger partial charge in [0, 0.05) is 39.0 Å². The van der Waals surface area contributed by atoms with Gasteiger partial charge in [-0.05, 0) is 45.2 Å². The minimum atomic E-state index is -0.223. The van der Waals surface area contributed by atoms with Gasteiger partial charge in [-0.2, -0.15) is 0 Å². The Morgan fingerprint density at radius 2 is 0.560 bits per heavy atom. The van der Waals surface area contributed by atoms with Crippen LogP contribution in [0.1, 0.15) is 58.1 Å². The zero-order chi connectivity index (χ0) is 34.4. The monoisotopic (exact) mass is 656 g/mol. The third kappa shape index (κ3) is 9.67. The molecular weight excluding hydrogens is 613 g/mol. The maximum Gasteiger partial charge on any atom is 0.223 e. The highest BCUT2D eigenvalue weighted by Crippen LogP contribution is 2.39. The minimum absolute atomic E-state index is 0.0605. The van der Waals surface area contributed by atoms with Gasteiger partial charge in [0.05, 0.1) is 0 Å². The van der Waals surface area contributed by atoms with Gasteiger partial charge in [0.1, 0.15) is 0 Å². The third-order valence-electron chi connectivity index (χ3n) is 9.30. The number of carbonyl (C=O) groups excluding carboxylic acids is 2. The van der Waals surface area contributed by atoms with Crippen LogP contribution in [0.3, 0.4) is 0 Å². The molecule has 0 saturated heterocycles. The largest absolute Gasteiger partial charge is 0.334 e. The second-order valence-corrected chi connectivity index (χ2v) is 12.9. The van der Waals surface area contributed by atoms with Crippen LogP contribution >= 0.6 is 0 Å². The molecule has 6 rings (SSSR count). The van der Waals surface area contributed by atoms with Crippen LogP contribution in [0, 0.1) is 0 Å². The SMILES string of the molecule is O=C(C[C@H](c1ccccc1)[C@H](CC(=O)N(Cc1ccccc1)Cc1ccccc1)c1ccccc1)N(Cc1ccccc1)Cc1ccccc1. The maximum absolute atomic E-state index is 14.6. The van der Waals surface area contributed by atoms with Crippen LogP contribution in [0.4, 0.5) is 0 Å². The molecule has 0 N–H and O–H groups in total. The summed E-state index contributed by atoms with van der Waals surface area (Å²) in [4.78, 5) is 33.1. The Labute approximate surface area is 296 Å². The number of rotatable bonds is 15. The Morgan fingerprint density at radius 1 is 0.340 bits per heavy atom. The molecule has 0 aliphatic heterocycles. The first kappa shape index (κ1) is 34.1. The van der Waals surface area contributed by atoms with Crippen molar-refractivity contribution in [3.05, 3.63) is 215 Å². The van der Waals surface area contributed by atoms with E-state index < -0.39 is 0 Å². The zero-order valence-corrected chi connectivity index (χ0v) is 28.4. The van der Waals surface area contributed by atoms with Crippen molar-refractivity contribution >= 4 is 11.8 Å². The number of carbonyl (C=O) groups is 2. The smallest absolute Gasteiger partial charge is 0.223 e. The Balaban J connectivity index is 1.34. The van der Waals surface area contributed by atoms with Crippen molar-refractivity contribution in [2.45, 2.75) is 50.9 Å². The van der Waals surface area contributed by atoms with E-state index in [2.05, 4.69) is 72.8 Å². The van der Waals surface area contributed by atoms with Gasteiger partial charge in [-0.1, -0.05) is 182 Å². The van der Waals surface area contributed by atoms with E-state index in [0.717, 1.165) is 33.4 Å². The molecule has 6 aromatic rings. The maximum atomic E-state index is 14.6. The predicted octanol–water partition coefficient (Wildman–Crippen LogP) is 9.79. The van der Waals surface area contributed by atoms with Crippen LogP contribution in [0.2, 0.25) is 0 Å². The van der Waals surface area contributed by atoms with Crippen molar-refractivity contribution in [2.75, 3.05) is 0 Å². The van der Waals surface area contributed by atoms with Crippen molar-refractivity contribution in [3.8, 4) is 0 Å². The van der Waals surface area contributed by atoms with Crippen LogP contribution in [-0.4, -0.2) is 21.6 Å². The predicted molar refractivity (Wildman–Crippen MR) is 202 cm³/mol. The first-order valence-electron chi connectivity index (χ1n) is 17.4. The van der Waals surface area contributed by atoms with Crippen LogP contribution in [0.5, 0.6) is 0 Å². The molecule has 0 unspecified atom stereocenters. The quantitative estimate of drug-likeness (QED) is 0.110. The van der Waals surface area contributed by atoms with Crippen molar-refractivity contribution < 1.29 is 9.59 Å². The van der Waals surface area contributed by atoms with Gasteiger partial charge in [0.25, 0.3) is 0 Å². The molecule has 4 nitrogen and oxygen atoms in total. The summed E-state index contributed by atoms with van der Waals surface area (Å²) in [6.07, 6.45) is 0.543. The van der Waals surface area contributed by atoms with E-state index >= 15 is 0 Å². The van der Waals surface area contributed by atoms with Gasteiger partial charge in [-0.25, -0.2) is 0 Å². The molecule has 2 amide bonds. The van der Waals surface area contributed by atoms with Crippen LogP contribution in [0.15, 0.2) is 182 Å². The number of amides is 2. The van der Waals surface area contributed by atoms with E-state index in [4.69, 9.17) is 0 Å². The average molecular weight is 657 g/mol. The molecule has 2 atom stereocenters. The molecule has 4 heteroatoms. The molecule has 0 fully saturated rings. The summed E-state index contributed by atoms with van der Waals surface area (Å²) in [5.41, 5.74) is 6.44. The average Bonchev–Trinajstić information content (AvgIpc) is 3.18. The minimum Gasteiger partial charge on any atom is -0.334 e. The summed E-state index contributed by atoms with van der Waals surface area (Å²) in [6, 6.07) is 61.2. The Bertz CT molecular complexity index is 1660. The number of hydrogen-bond acceptors (Lipinski definition) is 2. The van der Waals surface area contributed by atoms with Crippen molar-refractivity contribution in [1.82, 2.24) is 9.80 Å². The van der Waals surface area contributed by atoms with Gasteiger partial charge in [-0.15, -0.1) is 0 Å². The van der Waals surface area contributed by atoms with Gasteiger partial charge >= 0.3 is 0 Å². The Morgan fingerprint density at radius 3 is 0.800 bits per heavy atom. The fraction of sp³-hybridized carbons (Fsp3) is 0.174. The van der Waals surface area contributed by atoms with E-state index in [1.807, 2.05) is 119 Å². The number of benzene rings is 6. The molecule has 0 aliphatic rings. The fourth-order valence-corrected chi connectivity index (χ4v) is 6.70. The highest BCUT2D eigenvalue weighted by molar-refractivity contribution is 5.79. The standard InChI is InChI=1S/C46H44N2O2/c49-45(47(33-37-19-7-1-8-20-37)34-38-21-9-2-10-22-38)31-43(41-27-15-5-16-28-41)44(42-29-17-6-18-30-42)32-46(50)48(35-39-23-11-3-12-24-39)36-40-25-13-4-14-26-40/h1-30,43-44H,31-36H2/t43-,44-/m1/s1. The molecule has 250 valence electrons. The molecule has 0 saturated carbocycles. The number of nitrogens with zero attached hydrogens (tertiary/aromatic N) is 2. The summed E-state index contributed by atoms with van der Waals surface area (Å²) < 4.78 is 0. The first-order chi connectivity index (χ1) is 24.6. The lowest BCUT2D eigenvalue weighted by Crippen LogP contribution is -2.34. The van der Waals surface area contributed by atoms with Crippen molar-refractivity contribution in [2.24, 2.45) is 0 Å². The third-order valence-corrected chi connectivity index (χ3v) is 9.30. The molecular formula is C46H44N2O2. The van der Waals surface area contributed by atoms with E-state index in [9.17, 15) is 9.59 Å². The molecule has 0 aliphatic carbocycles.